The third-order valence-electron chi connectivity index (χ3n) is 2.57. The van der Waals surface area contributed by atoms with Crippen LogP contribution in [0.4, 0.5) is 5.69 Å². The number of nitrogens with zero attached hydrogens (tertiary/aromatic N) is 1. The van der Waals surface area contributed by atoms with Gasteiger partial charge in [0, 0.05) is 19.7 Å². The monoisotopic (exact) mass is 241 g/mol. The molecule has 0 radical (unpaired) electrons. The van der Waals surface area contributed by atoms with E-state index in [4.69, 9.17) is 9.47 Å². The minimum Gasteiger partial charge on any atom is -0.496 e. The summed E-state index contributed by atoms with van der Waals surface area (Å²) >= 11 is 1.65. The molecule has 0 atom stereocenters. The van der Waals surface area contributed by atoms with E-state index in [2.05, 4.69) is 11.8 Å². The van der Waals surface area contributed by atoms with Crippen LogP contribution < -0.4 is 14.4 Å². The summed E-state index contributed by atoms with van der Waals surface area (Å²) in [5.74, 6) is 1.78. The second-order valence-electron chi connectivity index (χ2n) is 3.39. The fourth-order valence-electron chi connectivity index (χ4n) is 1.48. The van der Waals surface area contributed by atoms with E-state index in [1.54, 1.807) is 26.0 Å². The Bertz CT molecular complexity index is 355. The summed E-state index contributed by atoms with van der Waals surface area (Å²) < 4.78 is 10.8. The Balaban J connectivity index is 3.25. The number of hydrogen-bond acceptors (Lipinski definition) is 4. The van der Waals surface area contributed by atoms with Crippen molar-refractivity contribution in [3.63, 3.8) is 0 Å². The van der Waals surface area contributed by atoms with Crippen molar-refractivity contribution in [2.75, 3.05) is 39.0 Å². The van der Waals surface area contributed by atoms with Crippen molar-refractivity contribution in [1.29, 1.82) is 0 Å². The lowest BCUT2D eigenvalue weighted by Gasteiger charge is -2.21. The molecule has 0 aliphatic carbocycles. The van der Waals surface area contributed by atoms with Gasteiger partial charge in [-0.1, -0.05) is 0 Å². The van der Waals surface area contributed by atoms with Gasteiger partial charge in [-0.05, 0) is 19.2 Å². The van der Waals surface area contributed by atoms with Crippen LogP contribution in [0.2, 0.25) is 0 Å². The Morgan fingerprint density at radius 3 is 2.25 bits per heavy atom. The number of ether oxygens (including phenoxy) is 2. The van der Waals surface area contributed by atoms with Gasteiger partial charge in [0.25, 0.3) is 0 Å². The molecule has 0 fully saturated rings. The highest BCUT2D eigenvalue weighted by molar-refractivity contribution is 7.98. The van der Waals surface area contributed by atoms with Gasteiger partial charge < -0.3 is 14.4 Å². The van der Waals surface area contributed by atoms with Gasteiger partial charge in [0.1, 0.15) is 11.5 Å². The third-order valence-corrected chi connectivity index (χ3v) is 3.33. The lowest BCUT2D eigenvalue weighted by atomic mass is 10.2. The molecule has 0 aliphatic heterocycles. The van der Waals surface area contributed by atoms with E-state index in [0.717, 1.165) is 28.6 Å². The first kappa shape index (κ1) is 13.0. The predicted molar refractivity (Wildman–Crippen MR) is 70.3 cm³/mol. The molecule has 3 nitrogen and oxygen atoms in total. The van der Waals surface area contributed by atoms with Crippen molar-refractivity contribution in [2.45, 2.75) is 11.8 Å². The van der Waals surface area contributed by atoms with Crippen LogP contribution in [0.3, 0.4) is 0 Å². The molecule has 1 aromatic carbocycles. The van der Waals surface area contributed by atoms with E-state index in [0.29, 0.717) is 0 Å². The molecular formula is C12H19NO2S. The first-order valence-electron chi connectivity index (χ1n) is 5.19. The molecule has 1 rings (SSSR count). The van der Waals surface area contributed by atoms with Crippen molar-refractivity contribution in [1.82, 2.24) is 0 Å². The van der Waals surface area contributed by atoms with E-state index in [1.165, 1.54) is 0 Å². The fraction of sp³-hybridized carbons (Fsp3) is 0.500. The van der Waals surface area contributed by atoms with Crippen LogP contribution >= 0.6 is 11.8 Å². The largest absolute Gasteiger partial charge is 0.496 e. The average molecular weight is 241 g/mol. The lowest BCUT2D eigenvalue weighted by molar-refractivity contribution is 0.394. The van der Waals surface area contributed by atoms with Gasteiger partial charge >= 0.3 is 0 Å². The normalized spacial score (nSPS) is 10.1. The van der Waals surface area contributed by atoms with Crippen LogP contribution in [0.25, 0.3) is 0 Å². The van der Waals surface area contributed by atoms with Crippen molar-refractivity contribution in [2.24, 2.45) is 0 Å². The van der Waals surface area contributed by atoms with Crippen molar-refractivity contribution >= 4 is 17.4 Å². The molecule has 0 aliphatic rings. The van der Waals surface area contributed by atoms with Crippen LogP contribution in [-0.4, -0.2) is 34.1 Å². The Morgan fingerprint density at radius 1 is 1.19 bits per heavy atom. The minimum atomic E-state index is 0.884. The van der Waals surface area contributed by atoms with Crippen molar-refractivity contribution in [3.05, 3.63) is 12.1 Å². The van der Waals surface area contributed by atoms with Gasteiger partial charge in [-0.25, -0.2) is 0 Å². The molecule has 0 bridgehead atoms. The number of benzene rings is 1. The van der Waals surface area contributed by atoms with Crippen LogP contribution in [0.1, 0.15) is 6.92 Å². The molecule has 0 amide bonds. The SMILES string of the molecule is CCN(C)c1cc(OC)c(SC)cc1OC. The molecule has 0 saturated heterocycles. The Kier molecular flexibility index (Phi) is 4.80. The van der Waals surface area contributed by atoms with Crippen LogP contribution in [0.5, 0.6) is 11.5 Å². The molecule has 0 heterocycles. The van der Waals surface area contributed by atoms with Crippen molar-refractivity contribution < 1.29 is 9.47 Å². The minimum absolute atomic E-state index is 0.884. The summed E-state index contributed by atoms with van der Waals surface area (Å²) in [7, 11) is 5.42. The first-order chi connectivity index (χ1) is 7.67. The van der Waals surface area contributed by atoms with Crippen molar-refractivity contribution in [3.8, 4) is 11.5 Å². The molecule has 16 heavy (non-hydrogen) atoms. The molecule has 0 unspecified atom stereocenters. The summed E-state index contributed by atoms with van der Waals surface area (Å²) in [4.78, 5) is 3.22. The van der Waals surface area contributed by atoms with Gasteiger partial charge in [-0.3, -0.25) is 0 Å². The summed E-state index contributed by atoms with van der Waals surface area (Å²) in [6.45, 7) is 3.03. The second kappa shape index (κ2) is 5.89. The number of hydrogen-bond donors (Lipinski definition) is 0. The molecule has 0 aromatic heterocycles. The smallest absolute Gasteiger partial charge is 0.143 e. The highest BCUT2D eigenvalue weighted by Gasteiger charge is 2.12. The van der Waals surface area contributed by atoms with E-state index in [-0.39, 0.29) is 0 Å². The summed E-state index contributed by atoms with van der Waals surface area (Å²) in [5, 5.41) is 0. The fourth-order valence-corrected chi connectivity index (χ4v) is 2.05. The molecule has 4 heteroatoms. The number of thioether (sulfide) groups is 1. The number of anilines is 1. The Labute approximate surface area is 102 Å². The maximum atomic E-state index is 5.40. The number of methoxy groups -OCH3 is 2. The second-order valence-corrected chi connectivity index (χ2v) is 4.24. The van der Waals surface area contributed by atoms with Crippen LogP contribution in [0.15, 0.2) is 17.0 Å². The molecule has 90 valence electrons. The summed E-state index contributed by atoms with van der Waals surface area (Å²) in [5.41, 5.74) is 1.06. The molecule has 0 spiro atoms. The van der Waals surface area contributed by atoms with Gasteiger partial charge in [0.15, 0.2) is 0 Å². The maximum Gasteiger partial charge on any atom is 0.143 e. The van der Waals surface area contributed by atoms with Crippen LogP contribution in [-0.2, 0) is 0 Å². The lowest BCUT2D eigenvalue weighted by Crippen LogP contribution is -2.16. The van der Waals surface area contributed by atoms with Gasteiger partial charge in [-0.2, -0.15) is 0 Å². The molecular weight excluding hydrogens is 222 g/mol. The topological polar surface area (TPSA) is 21.7 Å². The van der Waals surface area contributed by atoms with Gasteiger partial charge in [-0.15, -0.1) is 11.8 Å². The zero-order chi connectivity index (χ0) is 12.1. The molecule has 0 saturated carbocycles. The Morgan fingerprint density at radius 2 is 1.81 bits per heavy atom. The zero-order valence-corrected chi connectivity index (χ0v) is 11.4. The average Bonchev–Trinajstić information content (AvgIpc) is 2.35. The van der Waals surface area contributed by atoms with Crippen LogP contribution in [0, 0.1) is 0 Å². The number of rotatable bonds is 5. The quantitative estimate of drug-likeness (QED) is 0.739. The van der Waals surface area contributed by atoms with E-state index < -0.39 is 0 Å². The maximum absolute atomic E-state index is 5.40. The van der Waals surface area contributed by atoms with E-state index in [9.17, 15) is 0 Å². The zero-order valence-electron chi connectivity index (χ0n) is 10.5. The van der Waals surface area contributed by atoms with E-state index in [1.807, 2.05) is 25.4 Å². The first-order valence-corrected chi connectivity index (χ1v) is 6.41. The van der Waals surface area contributed by atoms with Gasteiger partial charge in [0.2, 0.25) is 0 Å². The molecule has 0 N–H and O–H groups in total. The van der Waals surface area contributed by atoms with Gasteiger partial charge in [0.05, 0.1) is 24.8 Å². The molecule has 1 aromatic rings. The summed E-state index contributed by atoms with van der Waals surface area (Å²) in [6.07, 6.45) is 2.03. The predicted octanol–water partition coefficient (Wildman–Crippen LogP) is 2.88. The standard InChI is InChI=1S/C12H19NO2S/c1-6-13(2)9-7-11(15-4)12(16-5)8-10(9)14-3/h7-8H,6H2,1-5H3. The highest BCUT2D eigenvalue weighted by Crippen LogP contribution is 2.38. The Hall–Kier alpha value is -1.03. The van der Waals surface area contributed by atoms with E-state index >= 15 is 0 Å². The third kappa shape index (κ3) is 2.55. The summed E-state index contributed by atoms with van der Waals surface area (Å²) in [6, 6.07) is 4.04. The highest BCUT2D eigenvalue weighted by atomic mass is 32.2.